The first kappa shape index (κ1) is 18.0. The van der Waals surface area contributed by atoms with Crippen LogP contribution in [0.4, 0.5) is 18.0 Å². The number of hydrogen-bond donors (Lipinski definition) is 2. The van der Waals surface area contributed by atoms with Crippen molar-refractivity contribution >= 4 is 12.0 Å². The maximum Gasteiger partial charge on any atom is 0.394 e. The number of pyridine rings is 1. The number of likely N-dealkylation sites (tertiary alicyclic amines) is 1. The van der Waals surface area contributed by atoms with Crippen LogP contribution in [0.2, 0.25) is 0 Å². The molecule has 0 spiro atoms. The number of aliphatic carboxylic acids is 1. The molecule has 9 heteroatoms. The Balaban J connectivity index is 2.01. The summed E-state index contributed by atoms with van der Waals surface area (Å²) in [5.41, 5.74) is 1.75. The van der Waals surface area contributed by atoms with Crippen molar-refractivity contribution < 1.29 is 27.9 Å². The van der Waals surface area contributed by atoms with E-state index in [0.29, 0.717) is 6.42 Å². The lowest BCUT2D eigenvalue weighted by Gasteiger charge is -2.19. The summed E-state index contributed by atoms with van der Waals surface area (Å²) in [4.78, 5) is 28.0. The summed E-state index contributed by atoms with van der Waals surface area (Å²) in [6, 6.07) is 1.02. The highest BCUT2D eigenvalue weighted by atomic mass is 19.4. The van der Waals surface area contributed by atoms with Crippen molar-refractivity contribution in [1.82, 2.24) is 15.2 Å². The van der Waals surface area contributed by atoms with Crippen molar-refractivity contribution in [2.75, 3.05) is 13.1 Å². The van der Waals surface area contributed by atoms with Gasteiger partial charge in [-0.2, -0.15) is 13.2 Å². The van der Waals surface area contributed by atoms with Crippen LogP contribution in [-0.4, -0.2) is 46.3 Å². The van der Waals surface area contributed by atoms with Gasteiger partial charge in [0.1, 0.15) is 0 Å². The number of carbonyl (C=O) groups is 2. The van der Waals surface area contributed by atoms with Crippen molar-refractivity contribution in [2.45, 2.75) is 26.1 Å². The number of nitrogens with one attached hydrogen (secondary N) is 1. The molecule has 1 aliphatic heterocycles. The van der Waals surface area contributed by atoms with Gasteiger partial charge in [-0.15, -0.1) is 0 Å². The van der Waals surface area contributed by atoms with E-state index in [1.807, 2.05) is 6.92 Å². The van der Waals surface area contributed by atoms with Crippen molar-refractivity contribution in [3.8, 4) is 0 Å². The molecule has 24 heavy (non-hydrogen) atoms. The molecule has 132 valence electrons. The fourth-order valence-electron chi connectivity index (χ4n) is 2.78. The zero-order valence-corrected chi connectivity index (χ0v) is 13.0. The minimum atomic E-state index is -4.65. The van der Waals surface area contributed by atoms with Gasteiger partial charge >= 0.3 is 18.2 Å². The van der Waals surface area contributed by atoms with Gasteiger partial charge in [-0.05, 0) is 23.6 Å². The smallest absolute Gasteiger partial charge is 0.394 e. The molecule has 1 aromatic rings. The van der Waals surface area contributed by atoms with Gasteiger partial charge in [0.15, 0.2) is 0 Å². The van der Waals surface area contributed by atoms with Crippen LogP contribution in [0.15, 0.2) is 18.5 Å². The lowest BCUT2D eigenvalue weighted by Crippen LogP contribution is -2.39. The number of carbonyl (C=O) groups excluding carboxylic acids is 1. The summed E-state index contributed by atoms with van der Waals surface area (Å²) in [5, 5.41) is 11.5. The average Bonchev–Trinajstić information content (AvgIpc) is 2.98. The van der Waals surface area contributed by atoms with Crippen molar-refractivity contribution in [3.63, 3.8) is 0 Å². The maximum absolute atomic E-state index is 12.9. The summed E-state index contributed by atoms with van der Waals surface area (Å²) in [6.45, 7) is 0.968. The van der Waals surface area contributed by atoms with E-state index >= 15 is 0 Å². The fourth-order valence-corrected chi connectivity index (χ4v) is 2.78. The van der Waals surface area contributed by atoms with Crippen LogP contribution in [0, 0.1) is 11.8 Å². The molecule has 2 atom stereocenters. The predicted octanol–water partition coefficient (Wildman–Crippen LogP) is 2.05. The first-order valence-corrected chi connectivity index (χ1v) is 7.48. The van der Waals surface area contributed by atoms with E-state index in [1.54, 1.807) is 18.5 Å². The molecule has 0 aliphatic carbocycles. The Kier molecular flexibility index (Phi) is 5.30. The minimum Gasteiger partial charge on any atom is -0.481 e. The second kappa shape index (κ2) is 7.06. The highest BCUT2D eigenvalue weighted by molar-refractivity contribution is 5.77. The lowest BCUT2D eigenvalue weighted by atomic mass is 9.96. The molecule has 1 aliphatic rings. The van der Waals surface area contributed by atoms with E-state index in [0.717, 1.165) is 16.0 Å². The molecule has 0 aromatic carbocycles. The van der Waals surface area contributed by atoms with Crippen LogP contribution in [0.3, 0.4) is 0 Å². The summed E-state index contributed by atoms with van der Waals surface area (Å²) in [5.74, 6) is -5.23. The van der Waals surface area contributed by atoms with Gasteiger partial charge in [0.05, 0.1) is 11.8 Å². The number of carboxylic acids is 1. The summed E-state index contributed by atoms with van der Waals surface area (Å²) >= 11 is 0. The van der Waals surface area contributed by atoms with Crippen LogP contribution in [0.1, 0.15) is 18.1 Å². The molecule has 2 heterocycles. The van der Waals surface area contributed by atoms with Crippen LogP contribution in [-0.2, 0) is 17.8 Å². The minimum absolute atomic E-state index is 0.148. The third-order valence-electron chi connectivity index (χ3n) is 4.16. The Hall–Kier alpha value is -2.32. The Morgan fingerprint density at radius 2 is 2.08 bits per heavy atom. The fraction of sp³-hybridized carbons (Fsp3) is 0.533. The Morgan fingerprint density at radius 3 is 2.62 bits per heavy atom. The number of nitrogens with zero attached hydrogens (tertiary/aromatic N) is 2. The molecule has 6 nitrogen and oxygen atoms in total. The third kappa shape index (κ3) is 3.95. The predicted molar refractivity (Wildman–Crippen MR) is 78.1 cm³/mol. The highest BCUT2D eigenvalue weighted by Gasteiger charge is 2.53. The van der Waals surface area contributed by atoms with Gasteiger partial charge in [0, 0.05) is 32.0 Å². The number of hydrogen-bond acceptors (Lipinski definition) is 3. The topological polar surface area (TPSA) is 82.5 Å². The number of aryl methyl sites for hydroxylation is 1. The Labute approximate surface area is 136 Å². The van der Waals surface area contributed by atoms with Gasteiger partial charge in [-0.3, -0.25) is 9.78 Å². The van der Waals surface area contributed by atoms with Crippen molar-refractivity contribution in [1.29, 1.82) is 0 Å². The third-order valence-corrected chi connectivity index (χ3v) is 4.16. The van der Waals surface area contributed by atoms with Gasteiger partial charge in [-0.25, -0.2) is 4.79 Å². The van der Waals surface area contributed by atoms with Gasteiger partial charge in [0.25, 0.3) is 0 Å². The van der Waals surface area contributed by atoms with Crippen LogP contribution in [0.5, 0.6) is 0 Å². The Bertz CT molecular complexity index is 621. The molecule has 0 saturated carbocycles. The van der Waals surface area contributed by atoms with Gasteiger partial charge < -0.3 is 15.3 Å². The number of carboxylic acid groups (broad SMARTS) is 1. The monoisotopic (exact) mass is 345 g/mol. The van der Waals surface area contributed by atoms with E-state index in [9.17, 15) is 22.8 Å². The lowest BCUT2D eigenvalue weighted by molar-refractivity contribution is -0.187. The van der Waals surface area contributed by atoms with Crippen LogP contribution < -0.4 is 5.32 Å². The first-order chi connectivity index (χ1) is 11.2. The molecule has 2 rings (SSSR count). The zero-order chi connectivity index (χ0) is 17.9. The number of amides is 2. The average molecular weight is 345 g/mol. The highest BCUT2D eigenvalue weighted by Crippen LogP contribution is 2.37. The van der Waals surface area contributed by atoms with E-state index < -0.39 is 43.1 Å². The van der Waals surface area contributed by atoms with E-state index in [1.165, 1.54) is 0 Å². The molecule has 2 N–H and O–H groups in total. The number of aromatic nitrogens is 1. The standard InChI is InChI=1S/C15H18F3N3O3/c1-2-9-5-19-4-3-10(9)6-20-14(24)21-7-11(13(22)23)12(8-21)15(16,17)18/h3-5,11-12H,2,6-8H2,1H3,(H,20,24)(H,22,23)/t11-,12-/m1/s1. The number of alkyl halides is 3. The van der Waals surface area contributed by atoms with Crippen molar-refractivity contribution in [3.05, 3.63) is 29.6 Å². The molecule has 0 bridgehead atoms. The zero-order valence-electron chi connectivity index (χ0n) is 13.0. The molecule has 1 aromatic heterocycles. The number of rotatable bonds is 4. The maximum atomic E-state index is 12.9. The first-order valence-electron chi connectivity index (χ1n) is 7.48. The summed E-state index contributed by atoms with van der Waals surface area (Å²) in [7, 11) is 0. The second-order valence-electron chi connectivity index (χ2n) is 5.65. The van der Waals surface area contributed by atoms with Gasteiger partial charge in [0.2, 0.25) is 0 Å². The van der Waals surface area contributed by atoms with Crippen LogP contribution in [0.25, 0.3) is 0 Å². The van der Waals surface area contributed by atoms with E-state index in [-0.39, 0.29) is 6.54 Å². The molecule has 0 radical (unpaired) electrons. The summed E-state index contributed by atoms with van der Waals surface area (Å²) in [6.07, 6.45) is -0.716. The molecular weight excluding hydrogens is 327 g/mol. The van der Waals surface area contributed by atoms with E-state index in [2.05, 4.69) is 10.3 Å². The van der Waals surface area contributed by atoms with Gasteiger partial charge in [-0.1, -0.05) is 6.92 Å². The van der Waals surface area contributed by atoms with E-state index in [4.69, 9.17) is 5.11 Å². The molecule has 1 fully saturated rings. The summed E-state index contributed by atoms with van der Waals surface area (Å²) < 4.78 is 38.8. The normalized spacial score (nSPS) is 20.9. The van der Waals surface area contributed by atoms with Crippen molar-refractivity contribution in [2.24, 2.45) is 11.8 Å². The largest absolute Gasteiger partial charge is 0.481 e. The quantitative estimate of drug-likeness (QED) is 0.875. The molecule has 1 saturated heterocycles. The number of halogens is 3. The molecular formula is C15H18F3N3O3. The SMILES string of the molecule is CCc1cnccc1CNC(=O)N1C[C@@H](C(F)(F)F)[C@H](C(=O)O)C1. The Morgan fingerprint density at radius 1 is 1.38 bits per heavy atom. The van der Waals surface area contributed by atoms with Crippen LogP contribution >= 0.6 is 0 Å². The molecule has 0 unspecified atom stereocenters. The molecule has 2 amide bonds. The second-order valence-corrected chi connectivity index (χ2v) is 5.65. The number of urea groups is 1.